The van der Waals surface area contributed by atoms with Crippen molar-refractivity contribution in [3.05, 3.63) is 58.1 Å². The van der Waals surface area contributed by atoms with Crippen LogP contribution in [0.1, 0.15) is 11.6 Å². The van der Waals surface area contributed by atoms with Crippen molar-refractivity contribution in [1.29, 1.82) is 0 Å². The van der Waals surface area contributed by atoms with Crippen molar-refractivity contribution in [1.82, 2.24) is 10.3 Å². The number of fused-ring (bicyclic) bond motifs is 1. The van der Waals surface area contributed by atoms with Crippen molar-refractivity contribution in [2.24, 2.45) is 0 Å². The number of hydrogen-bond acceptors (Lipinski definition) is 7. The molecular weight excluding hydrogens is 288 g/mol. The molecule has 0 amide bonds. The Morgan fingerprint density at radius 3 is 2.59 bits per heavy atom. The van der Waals surface area contributed by atoms with E-state index in [1.54, 1.807) is 0 Å². The summed E-state index contributed by atoms with van der Waals surface area (Å²) in [6, 6.07) is 11.8. The van der Waals surface area contributed by atoms with Gasteiger partial charge >= 0.3 is 5.69 Å². The molecule has 8 nitrogen and oxygen atoms in total. The highest BCUT2D eigenvalue weighted by molar-refractivity contribution is 5.93. The number of nitrogens with one attached hydrogen (secondary N) is 1. The first-order chi connectivity index (χ1) is 10.7. The Morgan fingerprint density at radius 2 is 1.91 bits per heavy atom. The SMILES string of the molecule is O=[N+]([O-])c1ccc(NC(CO)c2ccccc2)c2nonc12. The van der Waals surface area contributed by atoms with Crippen LogP contribution in [0.3, 0.4) is 0 Å². The minimum Gasteiger partial charge on any atom is -0.394 e. The summed E-state index contributed by atoms with van der Waals surface area (Å²) in [5.74, 6) is 0. The van der Waals surface area contributed by atoms with E-state index in [0.29, 0.717) is 5.69 Å². The maximum Gasteiger partial charge on any atom is 0.300 e. The normalized spacial score (nSPS) is 12.2. The van der Waals surface area contributed by atoms with Gasteiger partial charge in [0.25, 0.3) is 0 Å². The number of anilines is 1. The molecule has 112 valence electrons. The van der Waals surface area contributed by atoms with E-state index in [2.05, 4.69) is 20.3 Å². The Kier molecular flexibility index (Phi) is 3.67. The van der Waals surface area contributed by atoms with Crippen LogP contribution < -0.4 is 5.32 Å². The zero-order valence-electron chi connectivity index (χ0n) is 11.3. The van der Waals surface area contributed by atoms with E-state index in [9.17, 15) is 15.2 Å². The fourth-order valence-corrected chi connectivity index (χ4v) is 2.22. The van der Waals surface area contributed by atoms with E-state index in [0.717, 1.165) is 5.56 Å². The molecule has 0 spiro atoms. The van der Waals surface area contributed by atoms with Crippen LogP contribution in [0.25, 0.3) is 11.0 Å². The lowest BCUT2D eigenvalue weighted by Crippen LogP contribution is -2.15. The number of benzene rings is 2. The molecular formula is C14H12N4O4. The summed E-state index contributed by atoms with van der Waals surface area (Å²) in [5, 5.41) is 30.9. The maximum absolute atomic E-state index is 11.0. The van der Waals surface area contributed by atoms with Crippen LogP contribution in [0, 0.1) is 10.1 Å². The third-order valence-electron chi connectivity index (χ3n) is 3.31. The van der Waals surface area contributed by atoms with Crippen molar-refractivity contribution in [2.75, 3.05) is 11.9 Å². The van der Waals surface area contributed by atoms with Gasteiger partial charge in [0.1, 0.15) is 0 Å². The highest BCUT2D eigenvalue weighted by atomic mass is 16.6. The Bertz CT molecular complexity index is 803. The second-order valence-electron chi connectivity index (χ2n) is 4.64. The van der Waals surface area contributed by atoms with E-state index >= 15 is 0 Å². The van der Waals surface area contributed by atoms with Gasteiger partial charge in [-0.25, -0.2) is 4.63 Å². The van der Waals surface area contributed by atoms with Gasteiger partial charge in [0.2, 0.25) is 5.52 Å². The fraction of sp³-hybridized carbons (Fsp3) is 0.143. The number of aromatic nitrogens is 2. The highest BCUT2D eigenvalue weighted by Crippen LogP contribution is 2.30. The predicted octanol–water partition coefficient (Wildman–Crippen LogP) is 2.28. The van der Waals surface area contributed by atoms with Crippen LogP contribution in [0.2, 0.25) is 0 Å². The first-order valence-corrected chi connectivity index (χ1v) is 6.52. The molecule has 0 bridgehead atoms. The maximum atomic E-state index is 11.0. The Labute approximate surface area is 124 Å². The minimum absolute atomic E-state index is 0.0692. The smallest absolute Gasteiger partial charge is 0.300 e. The predicted molar refractivity (Wildman–Crippen MR) is 78.3 cm³/mol. The molecule has 0 saturated carbocycles. The standard InChI is InChI=1S/C14H12N4O4/c19-8-11(9-4-2-1-3-5-9)15-10-6-7-12(18(20)21)14-13(10)16-22-17-14/h1-7,11,15,19H,8H2. The number of rotatable bonds is 5. The fourth-order valence-electron chi connectivity index (χ4n) is 2.22. The van der Waals surface area contributed by atoms with Crippen LogP contribution in [0.4, 0.5) is 11.4 Å². The van der Waals surface area contributed by atoms with Crippen molar-refractivity contribution < 1.29 is 14.7 Å². The highest BCUT2D eigenvalue weighted by Gasteiger charge is 2.21. The summed E-state index contributed by atoms with van der Waals surface area (Å²) < 4.78 is 4.61. The van der Waals surface area contributed by atoms with E-state index in [4.69, 9.17) is 0 Å². The summed E-state index contributed by atoms with van der Waals surface area (Å²) in [6.45, 7) is -0.145. The molecule has 1 heterocycles. The van der Waals surface area contributed by atoms with E-state index < -0.39 is 4.92 Å². The second-order valence-corrected chi connectivity index (χ2v) is 4.64. The van der Waals surface area contributed by atoms with Crippen LogP contribution in [-0.2, 0) is 0 Å². The molecule has 3 aromatic rings. The number of hydrogen-bond donors (Lipinski definition) is 2. The van der Waals surface area contributed by atoms with Gasteiger partial charge < -0.3 is 10.4 Å². The average molecular weight is 300 g/mol. The molecule has 1 aromatic heterocycles. The molecule has 1 atom stereocenters. The molecule has 3 rings (SSSR count). The zero-order valence-corrected chi connectivity index (χ0v) is 11.3. The summed E-state index contributed by atoms with van der Waals surface area (Å²) in [6.07, 6.45) is 0. The topological polar surface area (TPSA) is 114 Å². The first-order valence-electron chi connectivity index (χ1n) is 6.52. The largest absolute Gasteiger partial charge is 0.394 e. The minimum atomic E-state index is -0.545. The molecule has 8 heteroatoms. The van der Waals surface area contributed by atoms with Gasteiger partial charge in [-0.2, -0.15) is 0 Å². The molecule has 0 aliphatic rings. The van der Waals surface area contributed by atoms with E-state index in [1.165, 1.54) is 12.1 Å². The van der Waals surface area contributed by atoms with Gasteiger partial charge in [0.15, 0.2) is 5.52 Å². The monoisotopic (exact) mass is 300 g/mol. The number of nitro benzene ring substituents is 1. The summed E-state index contributed by atoms with van der Waals surface area (Å²) in [4.78, 5) is 10.4. The van der Waals surface area contributed by atoms with Gasteiger partial charge in [-0.05, 0) is 21.9 Å². The Balaban J connectivity index is 1.99. The summed E-state index contributed by atoms with van der Waals surface area (Å²) in [7, 11) is 0. The second kappa shape index (κ2) is 5.78. The third-order valence-corrected chi connectivity index (χ3v) is 3.31. The van der Waals surface area contributed by atoms with Crippen molar-refractivity contribution >= 4 is 22.4 Å². The van der Waals surface area contributed by atoms with Crippen molar-refractivity contribution in [3.63, 3.8) is 0 Å². The molecule has 0 aliphatic heterocycles. The van der Waals surface area contributed by atoms with Crippen LogP contribution in [0.15, 0.2) is 47.1 Å². The van der Waals surface area contributed by atoms with Gasteiger partial charge in [0, 0.05) is 6.07 Å². The number of aliphatic hydroxyl groups is 1. The number of non-ortho nitro benzene ring substituents is 1. The van der Waals surface area contributed by atoms with Crippen molar-refractivity contribution in [3.8, 4) is 0 Å². The Morgan fingerprint density at radius 1 is 1.18 bits per heavy atom. The van der Waals surface area contributed by atoms with Crippen molar-refractivity contribution in [2.45, 2.75) is 6.04 Å². The molecule has 0 fully saturated rings. The Hall–Kier alpha value is -3.00. The molecule has 0 radical (unpaired) electrons. The van der Waals surface area contributed by atoms with Crippen LogP contribution in [0.5, 0.6) is 0 Å². The molecule has 1 unspecified atom stereocenters. The number of nitrogens with zero attached hydrogens (tertiary/aromatic N) is 3. The zero-order chi connectivity index (χ0) is 15.5. The molecule has 2 N–H and O–H groups in total. The number of aliphatic hydroxyl groups excluding tert-OH is 1. The lowest BCUT2D eigenvalue weighted by molar-refractivity contribution is -0.383. The van der Waals surface area contributed by atoms with Gasteiger partial charge in [-0.1, -0.05) is 30.3 Å². The van der Waals surface area contributed by atoms with Crippen LogP contribution >= 0.6 is 0 Å². The van der Waals surface area contributed by atoms with Crippen LogP contribution in [-0.4, -0.2) is 27.0 Å². The average Bonchev–Trinajstić information content (AvgIpc) is 3.02. The van der Waals surface area contributed by atoms with E-state index in [1.807, 2.05) is 30.3 Å². The van der Waals surface area contributed by atoms with E-state index in [-0.39, 0.29) is 29.4 Å². The summed E-state index contributed by atoms with van der Waals surface area (Å²) in [5.41, 5.74) is 1.53. The quantitative estimate of drug-likeness (QED) is 0.548. The lowest BCUT2D eigenvalue weighted by Gasteiger charge is -2.17. The van der Waals surface area contributed by atoms with Gasteiger partial charge in [-0.15, -0.1) is 0 Å². The molecule has 0 saturated heterocycles. The van der Waals surface area contributed by atoms with Gasteiger partial charge in [-0.3, -0.25) is 10.1 Å². The molecule has 2 aromatic carbocycles. The third kappa shape index (κ3) is 2.47. The first kappa shape index (κ1) is 14.0. The van der Waals surface area contributed by atoms with Gasteiger partial charge in [0.05, 0.1) is 23.3 Å². The summed E-state index contributed by atoms with van der Waals surface area (Å²) >= 11 is 0. The molecule has 0 aliphatic carbocycles. The molecule has 22 heavy (non-hydrogen) atoms. The lowest BCUT2D eigenvalue weighted by atomic mass is 10.1. The number of nitro groups is 1.